The smallest absolute Gasteiger partial charge is 0.308 e. The number of nitrogens with one attached hydrogen (secondary N) is 2. The zero-order valence-corrected chi connectivity index (χ0v) is 25.2. The lowest BCUT2D eigenvalue weighted by molar-refractivity contribution is -0.128. The van der Waals surface area contributed by atoms with Crippen molar-refractivity contribution >= 4 is 29.8 Å². The first-order chi connectivity index (χ1) is 19.3. The molecule has 0 aliphatic carbocycles. The third-order valence-corrected chi connectivity index (χ3v) is 7.21. The van der Waals surface area contributed by atoms with Crippen molar-refractivity contribution in [3.63, 3.8) is 0 Å². The van der Waals surface area contributed by atoms with Crippen LogP contribution in [0.1, 0.15) is 155 Å². The molecule has 0 aliphatic rings. The van der Waals surface area contributed by atoms with Crippen molar-refractivity contribution in [3.8, 4) is 0 Å². The number of nitrogens with zero attached hydrogens (tertiary/aromatic N) is 1. The Balaban J connectivity index is 3.80. The molecule has 0 aromatic heterocycles. The van der Waals surface area contributed by atoms with Crippen LogP contribution in [0.15, 0.2) is 5.18 Å². The summed E-state index contributed by atoms with van der Waals surface area (Å²) in [6, 6.07) is -1.97. The fraction of sp³-hybridized carbons (Fsp3) is 0.839. The van der Waals surface area contributed by atoms with Gasteiger partial charge in [-0.3, -0.25) is 14.4 Å². The van der Waals surface area contributed by atoms with E-state index >= 15 is 0 Å². The highest BCUT2D eigenvalue weighted by Gasteiger charge is 2.22. The number of hydrogen-bond acceptors (Lipinski definition) is 6. The average Bonchev–Trinajstić information content (AvgIpc) is 2.94. The van der Waals surface area contributed by atoms with E-state index in [0.717, 1.165) is 19.3 Å². The zero-order chi connectivity index (χ0) is 29.8. The Morgan fingerprint density at radius 1 is 0.625 bits per heavy atom. The molecule has 9 nitrogen and oxygen atoms in total. The van der Waals surface area contributed by atoms with Crippen LogP contribution in [0.2, 0.25) is 0 Å². The molecule has 0 rings (SSSR count). The molecule has 0 radical (unpaired) electrons. The summed E-state index contributed by atoms with van der Waals surface area (Å²) in [4.78, 5) is 68.9. The number of ketones is 1. The molecule has 3 amide bonds. The summed E-state index contributed by atoms with van der Waals surface area (Å²) in [6.45, 7) is 3.60. The Morgan fingerprint density at radius 2 is 1.07 bits per heavy atom. The van der Waals surface area contributed by atoms with Gasteiger partial charge in [0.2, 0.25) is 11.8 Å². The van der Waals surface area contributed by atoms with Crippen LogP contribution in [0.3, 0.4) is 0 Å². The monoisotopic (exact) mass is 565 g/mol. The molecule has 0 heterocycles. The molecule has 0 spiro atoms. The summed E-state index contributed by atoms with van der Waals surface area (Å²) in [6.07, 6.45) is 22.5. The van der Waals surface area contributed by atoms with Crippen LogP contribution in [-0.4, -0.2) is 41.9 Å². The van der Waals surface area contributed by atoms with Crippen LogP contribution < -0.4 is 10.6 Å². The molecular formula is C31H55N3O6. The Hall–Kier alpha value is -2.45. The first-order valence-electron chi connectivity index (χ1n) is 15.7. The van der Waals surface area contributed by atoms with E-state index in [1.165, 1.54) is 96.8 Å². The second-order valence-corrected chi connectivity index (χ2v) is 11.0. The van der Waals surface area contributed by atoms with Gasteiger partial charge in [-0.2, -0.15) is 0 Å². The first kappa shape index (κ1) is 37.6. The van der Waals surface area contributed by atoms with Gasteiger partial charge in [0, 0.05) is 24.4 Å². The highest BCUT2D eigenvalue weighted by Crippen LogP contribution is 2.14. The van der Waals surface area contributed by atoms with E-state index in [1.54, 1.807) is 0 Å². The fourth-order valence-electron chi connectivity index (χ4n) is 4.69. The van der Waals surface area contributed by atoms with E-state index in [-0.39, 0.29) is 37.4 Å². The number of rotatable bonds is 28. The topological polar surface area (TPSA) is 139 Å². The predicted molar refractivity (Wildman–Crippen MR) is 159 cm³/mol. The number of unbranched alkanes of at least 4 members (excludes halogenated alkanes) is 16. The van der Waals surface area contributed by atoms with Crippen molar-refractivity contribution in [2.45, 2.75) is 167 Å². The van der Waals surface area contributed by atoms with Crippen molar-refractivity contribution < 1.29 is 24.0 Å². The van der Waals surface area contributed by atoms with E-state index in [2.05, 4.69) is 22.7 Å². The maximum atomic E-state index is 12.2. The van der Waals surface area contributed by atoms with Crippen molar-refractivity contribution in [2.24, 2.45) is 5.18 Å². The molecule has 0 saturated carbocycles. The molecule has 9 heteroatoms. The maximum absolute atomic E-state index is 12.2. The predicted octanol–water partition coefficient (Wildman–Crippen LogP) is 6.64. The minimum absolute atomic E-state index is 0.0150. The molecule has 230 valence electrons. The number of nitroso groups, excluding NO2 is 1. The molecule has 2 atom stereocenters. The molecule has 2 unspecified atom stereocenters. The Bertz CT molecular complexity index is 728. The lowest BCUT2D eigenvalue weighted by Gasteiger charge is -2.15. The van der Waals surface area contributed by atoms with Crippen LogP contribution in [0, 0.1) is 4.91 Å². The molecule has 0 saturated heterocycles. The molecule has 0 bridgehead atoms. The summed E-state index contributed by atoms with van der Waals surface area (Å²) in [7, 11) is 0. The number of carbonyl (C=O) groups is 5. The quantitative estimate of drug-likeness (QED) is 0.0619. The summed E-state index contributed by atoms with van der Waals surface area (Å²) in [5.74, 6) is -2.01. The van der Waals surface area contributed by atoms with Gasteiger partial charge >= 0.3 is 5.91 Å². The molecule has 0 aliphatic heterocycles. The van der Waals surface area contributed by atoms with Gasteiger partial charge in [-0.05, 0) is 26.2 Å². The van der Waals surface area contributed by atoms with Gasteiger partial charge in [0.25, 0.3) is 0 Å². The molecule has 0 aromatic carbocycles. The standard InChI is InChI=1S/C31H55N3O6/c1-3-4-5-6-7-8-9-10-11-12-13-14-15-16-17-18-19-20-29(37)32-27(25-35)22-24-30(38)33-28(31(39)34-40)23-21-26(2)36/h25,27-28H,3-24H2,1-2H3,(H,32,37)(H,33,38). The number of carbonyl (C=O) groups excluding carboxylic acids is 5. The number of Topliss-reactive ketones (excluding diaryl/α,β-unsaturated/α-hetero) is 1. The maximum Gasteiger partial charge on any atom is 0.308 e. The number of aldehydes is 1. The van der Waals surface area contributed by atoms with Crippen LogP contribution in [0.5, 0.6) is 0 Å². The third-order valence-electron chi connectivity index (χ3n) is 7.21. The van der Waals surface area contributed by atoms with Crippen LogP contribution >= 0.6 is 0 Å². The summed E-state index contributed by atoms with van der Waals surface area (Å²) in [5.41, 5.74) is 0. The average molecular weight is 566 g/mol. The second-order valence-electron chi connectivity index (χ2n) is 11.0. The van der Waals surface area contributed by atoms with Gasteiger partial charge < -0.3 is 20.2 Å². The van der Waals surface area contributed by atoms with Crippen molar-refractivity contribution in [2.75, 3.05) is 0 Å². The van der Waals surface area contributed by atoms with Crippen molar-refractivity contribution in [3.05, 3.63) is 4.91 Å². The fourth-order valence-corrected chi connectivity index (χ4v) is 4.69. The minimum Gasteiger partial charge on any atom is -0.347 e. The molecular weight excluding hydrogens is 510 g/mol. The third kappa shape index (κ3) is 23.4. The van der Waals surface area contributed by atoms with Gasteiger partial charge in [-0.15, -0.1) is 4.91 Å². The van der Waals surface area contributed by atoms with E-state index in [9.17, 15) is 28.9 Å². The SMILES string of the molecule is CCCCCCCCCCCCCCCCCCCC(=O)NC(C=O)CCC(=O)NC(CCC(C)=O)C(=O)N=O. The molecule has 0 aromatic rings. The molecule has 0 fully saturated rings. The van der Waals surface area contributed by atoms with Gasteiger partial charge in [-0.25, -0.2) is 0 Å². The highest BCUT2D eigenvalue weighted by molar-refractivity contribution is 5.89. The van der Waals surface area contributed by atoms with Gasteiger partial charge in [0.1, 0.15) is 18.1 Å². The van der Waals surface area contributed by atoms with Gasteiger partial charge in [0.05, 0.1) is 6.04 Å². The van der Waals surface area contributed by atoms with Crippen molar-refractivity contribution in [1.82, 2.24) is 10.6 Å². The van der Waals surface area contributed by atoms with E-state index in [4.69, 9.17) is 0 Å². The molecule has 2 N–H and O–H groups in total. The second kappa shape index (κ2) is 26.8. The highest BCUT2D eigenvalue weighted by atomic mass is 16.3. The molecule has 40 heavy (non-hydrogen) atoms. The van der Waals surface area contributed by atoms with Crippen LogP contribution in [0.25, 0.3) is 0 Å². The van der Waals surface area contributed by atoms with Crippen molar-refractivity contribution in [1.29, 1.82) is 0 Å². The Labute approximate surface area is 241 Å². The van der Waals surface area contributed by atoms with Crippen LogP contribution in [0.4, 0.5) is 0 Å². The van der Waals surface area contributed by atoms with Crippen LogP contribution in [-0.2, 0) is 24.0 Å². The number of hydrogen-bond donors (Lipinski definition) is 2. The van der Waals surface area contributed by atoms with Gasteiger partial charge in [0.15, 0.2) is 0 Å². The minimum atomic E-state index is -1.17. The number of amides is 3. The summed E-state index contributed by atoms with van der Waals surface area (Å²) in [5, 5.41) is 7.34. The lowest BCUT2D eigenvalue weighted by Crippen LogP contribution is -2.42. The van der Waals surface area contributed by atoms with E-state index in [0.29, 0.717) is 12.7 Å². The first-order valence-corrected chi connectivity index (χ1v) is 15.7. The van der Waals surface area contributed by atoms with E-state index < -0.39 is 23.9 Å². The Morgan fingerprint density at radius 3 is 1.50 bits per heavy atom. The lowest BCUT2D eigenvalue weighted by atomic mass is 10.0. The Kier molecular flexibility index (Phi) is 25.1. The van der Waals surface area contributed by atoms with Gasteiger partial charge in [-0.1, -0.05) is 110 Å². The van der Waals surface area contributed by atoms with E-state index in [1.807, 2.05) is 0 Å². The summed E-state index contributed by atoms with van der Waals surface area (Å²) >= 11 is 0. The normalized spacial score (nSPS) is 12.3. The largest absolute Gasteiger partial charge is 0.347 e. The zero-order valence-electron chi connectivity index (χ0n) is 25.2. The summed E-state index contributed by atoms with van der Waals surface area (Å²) < 4.78 is 0.